The SMILES string of the molecule is C[Si](C)(C)CCOCn1ccc(=O)c([N+](=O)[O-])c1NCC(F)(F)c1cccc[n+]1[O-]. The Morgan fingerprint density at radius 3 is 2.60 bits per heavy atom. The van der Waals surface area contributed by atoms with Crippen molar-refractivity contribution in [1.29, 1.82) is 0 Å². The van der Waals surface area contributed by atoms with Gasteiger partial charge in [0.2, 0.25) is 0 Å². The highest BCUT2D eigenvalue weighted by atomic mass is 28.3. The highest BCUT2D eigenvalue weighted by molar-refractivity contribution is 6.76. The molecule has 2 aromatic rings. The first-order chi connectivity index (χ1) is 13.9. The van der Waals surface area contributed by atoms with Crippen LogP contribution in [0.5, 0.6) is 0 Å². The number of alkyl halides is 2. The lowest BCUT2D eigenvalue weighted by atomic mass is 10.2. The minimum Gasteiger partial charge on any atom is -0.618 e. The van der Waals surface area contributed by atoms with E-state index < -0.39 is 48.1 Å². The van der Waals surface area contributed by atoms with E-state index in [9.17, 15) is 28.9 Å². The van der Waals surface area contributed by atoms with Crippen LogP contribution < -0.4 is 15.5 Å². The second kappa shape index (κ2) is 9.30. The molecule has 0 unspecified atom stereocenters. The second-order valence-corrected chi connectivity index (χ2v) is 13.5. The number of hydrogen-bond acceptors (Lipinski definition) is 6. The van der Waals surface area contributed by atoms with Crippen LogP contribution in [0.2, 0.25) is 25.7 Å². The maximum absolute atomic E-state index is 14.5. The normalized spacial score (nSPS) is 12.0. The highest BCUT2D eigenvalue weighted by Gasteiger charge is 2.40. The molecule has 0 saturated heterocycles. The van der Waals surface area contributed by atoms with E-state index in [1.54, 1.807) is 0 Å². The molecule has 12 heteroatoms. The molecule has 0 amide bonds. The molecule has 0 aliphatic carbocycles. The molecule has 2 aromatic heterocycles. The Labute approximate surface area is 172 Å². The van der Waals surface area contributed by atoms with Gasteiger partial charge in [-0.25, -0.2) is 0 Å². The average Bonchev–Trinajstić information content (AvgIpc) is 2.63. The van der Waals surface area contributed by atoms with Gasteiger partial charge in [-0.15, -0.1) is 0 Å². The Bertz CT molecular complexity index is 962. The summed E-state index contributed by atoms with van der Waals surface area (Å²) in [6.07, 6.45) is 2.16. The first-order valence-electron chi connectivity index (χ1n) is 9.18. The molecule has 164 valence electrons. The molecule has 30 heavy (non-hydrogen) atoms. The summed E-state index contributed by atoms with van der Waals surface area (Å²) in [5, 5.41) is 25.3. The Morgan fingerprint density at radius 2 is 2.00 bits per heavy atom. The molecule has 2 rings (SSSR count). The number of halogens is 2. The summed E-state index contributed by atoms with van der Waals surface area (Å²) in [6, 6.07) is 5.36. The highest BCUT2D eigenvalue weighted by Crippen LogP contribution is 2.28. The van der Waals surface area contributed by atoms with Crippen LogP contribution in [0.1, 0.15) is 5.69 Å². The molecule has 0 bridgehead atoms. The Morgan fingerprint density at radius 1 is 1.30 bits per heavy atom. The largest absolute Gasteiger partial charge is 0.618 e. The lowest BCUT2D eigenvalue weighted by molar-refractivity contribution is -0.624. The van der Waals surface area contributed by atoms with E-state index in [1.165, 1.54) is 22.9 Å². The van der Waals surface area contributed by atoms with Crippen LogP contribution in [-0.2, 0) is 17.4 Å². The van der Waals surface area contributed by atoms with Gasteiger partial charge in [-0.05, 0) is 12.1 Å². The number of nitrogens with one attached hydrogen (secondary N) is 1. The van der Waals surface area contributed by atoms with Crippen LogP contribution in [0.4, 0.5) is 20.3 Å². The van der Waals surface area contributed by atoms with Crippen LogP contribution in [0.3, 0.4) is 0 Å². The van der Waals surface area contributed by atoms with Gasteiger partial charge in [0, 0.05) is 39.1 Å². The summed E-state index contributed by atoms with van der Waals surface area (Å²) >= 11 is 0. The molecule has 0 radical (unpaired) electrons. The van der Waals surface area contributed by atoms with Gasteiger partial charge in [-0.3, -0.25) is 14.9 Å². The van der Waals surface area contributed by atoms with Gasteiger partial charge in [0.05, 0.1) is 11.5 Å². The van der Waals surface area contributed by atoms with Crippen molar-refractivity contribution in [2.45, 2.75) is 38.3 Å². The van der Waals surface area contributed by atoms with E-state index in [0.717, 1.165) is 24.4 Å². The van der Waals surface area contributed by atoms with Gasteiger partial charge >= 0.3 is 11.6 Å². The number of ether oxygens (including phenoxy) is 1. The predicted octanol–water partition coefficient (Wildman–Crippen LogP) is 2.91. The molecule has 9 nitrogen and oxygen atoms in total. The monoisotopic (exact) mass is 442 g/mol. The lowest BCUT2D eigenvalue weighted by Crippen LogP contribution is -2.41. The van der Waals surface area contributed by atoms with Gasteiger partial charge in [-0.2, -0.15) is 13.5 Å². The van der Waals surface area contributed by atoms with Crippen molar-refractivity contribution in [2.24, 2.45) is 0 Å². The molecule has 2 heterocycles. The summed E-state index contributed by atoms with van der Waals surface area (Å²) in [6.45, 7) is 5.57. The van der Waals surface area contributed by atoms with Gasteiger partial charge in [0.15, 0.2) is 12.0 Å². The first-order valence-corrected chi connectivity index (χ1v) is 12.9. The van der Waals surface area contributed by atoms with Crippen LogP contribution in [-0.4, -0.2) is 30.7 Å². The fourth-order valence-electron chi connectivity index (χ4n) is 2.57. The van der Waals surface area contributed by atoms with Crippen LogP contribution in [0, 0.1) is 15.3 Å². The predicted molar refractivity (Wildman–Crippen MR) is 109 cm³/mol. The van der Waals surface area contributed by atoms with Crippen molar-refractivity contribution in [2.75, 3.05) is 18.5 Å². The quantitative estimate of drug-likeness (QED) is 0.151. The van der Waals surface area contributed by atoms with Crippen molar-refractivity contribution in [1.82, 2.24) is 4.57 Å². The van der Waals surface area contributed by atoms with Crippen LogP contribution in [0.25, 0.3) is 0 Å². The topological polar surface area (TPSA) is 113 Å². The third kappa shape index (κ3) is 6.07. The fourth-order valence-corrected chi connectivity index (χ4v) is 3.33. The zero-order chi connectivity index (χ0) is 22.5. The number of aromatic nitrogens is 2. The summed E-state index contributed by atoms with van der Waals surface area (Å²) < 4.78 is 35.8. The molecule has 0 spiro atoms. The van der Waals surface area contributed by atoms with Crippen LogP contribution in [0.15, 0.2) is 41.5 Å². The van der Waals surface area contributed by atoms with Crippen molar-refractivity contribution in [3.63, 3.8) is 0 Å². The molecule has 0 saturated carbocycles. The van der Waals surface area contributed by atoms with E-state index in [2.05, 4.69) is 25.0 Å². The molecule has 0 fully saturated rings. The molecule has 0 aliphatic heterocycles. The Balaban J connectivity index is 2.27. The standard InChI is InChI=1S/C18H24F2N4O5Si/c1-30(2,3)11-10-29-13-22-9-7-14(25)16(24(27)28)17(22)21-12-18(19,20)15-6-4-5-8-23(15)26/h4-9,21H,10-13H2,1-3H3. The Hall–Kier alpha value is -2.86. The van der Waals surface area contributed by atoms with Crippen molar-refractivity contribution >= 4 is 19.6 Å². The second-order valence-electron chi connectivity index (χ2n) is 7.92. The summed E-state index contributed by atoms with van der Waals surface area (Å²) in [5.74, 6) is -4.06. The number of pyridine rings is 2. The van der Waals surface area contributed by atoms with Crippen LogP contribution >= 0.6 is 0 Å². The van der Waals surface area contributed by atoms with E-state index in [1.807, 2.05) is 0 Å². The molecule has 1 N–H and O–H groups in total. The summed E-state index contributed by atoms with van der Waals surface area (Å²) in [7, 11) is -1.37. The van der Waals surface area contributed by atoms with Gasteiger partial charge in [0.1, 0.15) is 6.73 Å². The summed E-state index contributed by atoms with van der Waals surface area (Å²) in [5.41, 5.74) is -2.62. The fraction of sp³-hybridized carbons (Fsp3) is 0.444. The Kier molecular flexibility index (Phi) is 7.26. The van der Waals surface area contributed by atoms with Gasteiger partial charge < -0.3 is 19.8 Å². The molecule has 0 atom stereocenters. The number of rotatable bonds is 10. The van der Waals surface area contributed by atoms with Crippen molar-refractivity contribution < 1.29 is 23.2 Å². The van der Waals surface area contributed by atoms with E-state index in [4.69, 9.17) is 4.74 Å². The maximum Gasteiger partial charge on any atom is 0.356 e. The average molecular weight is 442 g/mol. The molecule has 0 aromatic carbocycles. The number of nitro groups is 1. The smallest absolute Gasteiger partial charge is 0.356 e. The number of hydrogen-bond donors (Lipinski definition) is 1. The van der Waals surface area contributed by atoms with E-state index in [-0.39, 0.29) is 11.5 Å². The van der Waals surface area contributed by atoms with Gasteiger partial charge in [-0.1, -0.05) is 19.6 Å². The van der Waals surface area contributed by atoms with E-state index in [0.29, 0.717) is 6.61 Å². The zero-order valence-electron chi connectivity index (χ0n) is 16.9. The van der Waals surface area contributed by atoms with Gasteiger partial charge in [0.25, 0.3) is 11.1 Å². The van der Waals surface area contributed by atoms with Crippen molar-refractivity contribution in [3.8, 4) is 0 Å². The first kappa shape index (κ1) is 23.4. The van der Waals surface area contributed by atoms with Crippen molar-refractivity contribution in [3.05, 3.63) is 67.9 Å². The minimum atomic E-state index is -3.65. The lowest BCUT2D eigenvalue weighted by Gasteiger charge is -2.20. The molecule has 0 aliphatic rings. The minimum absolute atomic E-state index is 0.0215. The third-order valence-electron chi connectivity index (χ3n) is 4.24. The number of anilines is 1. The third-order valence-corrected chi connectivity index (χ3v) is 5.94. The molecular weight excluding hydrogens is 418 g/mol. The summed E-state index contributed by atoms with van der Waals surface area (Å²) in [4.78, 5) is 22.4. The maximum atomic E-state index is 14.5. The number of nitrogens with zero attached hydrogens (tertiary/aromatic N) is 3. The molecular formula is C18H24F2N4O5Si. The van der Waals surface area contributed by atoms with E-state index >= 15 is 0 Å². The zero-order valence-corrected chi connectivity index (χ0v) is 17.9.